The van der Waals surface area contributed by atoms with Gasteiger partial charge in [-0.15, -0.1) is 0 Å². The minimum Gasteiger partial charge on any atom is -0.303 e. The predicted molar refractivity (Wildman–Crippen MR) is 116 cm³/mol. The number of rotatable bonds is 4. The molecule has 150 valence electrons. The number of aryl methyl sites for hydroxylation is 2. The zero-order valence-electron chi connectivity index (χ0n) is 17.4. The topological polar surface area (TPSA) is 62.1 Å². The molecule has 1 aliphatic heterocycles. The molecule has 0 unspecified atom stereocenters. The highest BCUT2D eigenvalue weighted by molar-refractivity contribution is 5.88. The Balaban J connectivity index is 1.50. The van der Waals surface area contributed by atoms with Crippen molar-refractivity contribution in [3.63, 3.8) is 0 Å². The molecule has 1 aromatic carbocycles. The summed E-state index contributed by atoms with van der Waals surface area (Å²) in [5.41, 5.74) is 8.01. The third-order valence-corrected chi connectivity index (χ3v) is 6.34. The monoisotopic (exact) mass is 388 g/mol. The molecular formula is C23H28N6. The van der Waals surface area contributed by atoms with Crippen LogP contribution in [0.3, 0.4) is 0 Å². The van der Waals surface area contributed by atoms with Gasteiger partial charge in [-0.2, -0.15) is 10.2 Å². The number of benzene rings is 1. The SMILES string of the molecule is CCCN1CCC(c2[nH]nc3cc(-c4cc(C)c5ncnn5c4)c(C)cc23)CC1. The summed E-state index contributed by atoms with van der Waals surface area (Å²) in [6, 6.07) is 6.71. The molecule has 5 rings (SSSR count). The van der Waals surface area contributed by atoms with Gasteiger partial charge in [0.2, 0.25) is 0 Å². The Hall–Kier alpha value is -2.73. The van der Waals surface area contributed by atoms with E-state index in [1.807, 2.05) is 4.52 Å². The zero-order valence-corrected chi connectivity index (χ0v) is 17.4. The maximum Gasteiger partial charge on any atom is 0.158 e. The second-order valence-electron chi connectivity index (χ2n) is 8.38. The quantitative estimate of drug-likeness (QED) is 0.560. The van der Waals surface area contributed by atoms with Crippen LogP contribution in [0.15, 0.2) is 30.7 Å². The number of nitrogens with one attached hydrogen (secondary N) is 1. The first-order valence-electron chi connectivity index (χ1n) is 10.7. The minimum atomic E-state index is 0.576. The molecular weight excluding hydrogens is 360 g/mol. The lowest BCUT2D eigenvalue weighted by Gasteiger charge is -2.31. The van der Waals surface area contributed by atoms with Crippen molar-refractivity contribution < 1.29 is 0 Å². The second-order valence-corrected chi connectivity index (χ2v) is 8.38. The third-order valence-electron chi connectivity index (χ3n) is 6.34. The van der Waals surface area contributed by atoms with E-state index >= 15 is 0 Å². The van der Waals surface area contributed by atoms with Gasteiger partial charge in [-0.1, -0.05) is 6.92 Å². The van der Waals surface area contributed by atoms with Gasteiger partial charge in [0.1, 0.15) is 6.33 Å². The summed E-state index contributed by atoms with van der Waals surface area (Å²) in [7, 11) is 0. The Morgan fingerprint density at radius 1 is 1.10 bits per heavy atom. The van der Waals surface area contributed by atoms with Crippen LogP contribution in [0.25, 0.3) is 27.7 Å². The summed E-state index contributed by atoms with van der Waals surface area (Å²) in [6.45, 7) is 10.1. The molecule has 1 N–H and O–H groups in total. The summed E-state index contributed by atoms with van der Waals surface area (Å²) in [4.78, 5) is 6.91. The van der Waals surface area contributed by atoms with E-state index in [0.29, 0.717) is 5.92 Å². The highest BCUT2D eigenvalue weighted by atomic mass is 15.3. The molecule has 1 saturated heterocycles. The van der Waals surface area contributed by atoms with Gasteiger partial charge in [0.15, 0.2) is 5.65 Å². The van der Waals surface area contributed by atoms with Crippen molar-refractivity contribution in [2.24, 2.45) is 0 Å². The lowest BCUT2D eigenvalue weighted by Crippen LogP contribution is -2.33. The number of H-pyrrole nitrogens is 1. The highest BCUT2D eigenvalue weighted by Crippen LogP contribution is 2.35. The fraction of sp³-hybridized carbons (Fsp3) is 0.435. The molecule has 29 heavy (non-hydrogen) atoms. The standard InChI is InChI=1S/C23H28N6/c1-4-7-28-8-5-17(6-9-28)22-20-11-15(2)19(12-21(20)26-27-22)18-10-16(3)23-24-14-25-29(23)13-18/h10-14,17H,4-9H2,1-3H3,(H,26,27). The summed E-state index contributed by atoms with van der Waals surface area (Å²) < 4.78 is 1.86. The van der Waals surface area contributed by atoms with Crippen LogP contribution in [0.5, 0.6) is 0 Å². The molecule has 0 spiro atoms. The van der Waals surface area contributed by atoms with Crippen molar-refractivity contribution in [3.8, 4) is 11.1 Å². The Morgan fingerprint density at radius 2 is 1.93 bits per heavy atom. The third kappa shape index (κ3) is 3.21. The first kappa shape index (κ1) is 18.3. The molecule has 0 bridgehead atoms. The molecule has 0 atom stereocenters. The smallest absolute Gasteiger partial charge is 0.158 e. The van der Waals surface area contributed by atoms with Crippen LogP contribution < -0.4 is 0 Å². The van der Waals surface area contributed by atoms with Crippen LogP contribution >= 0.6 is 0 Å². The Bertz CT molecular complexity index is 1160. The summed E-state index contributed by atoms with van der Waals surface area (Å²) in [5, 5.41) is 13.7. The van der Waals surface area contributed by atoms with Crippen LogP contribution in [0.4, 0.5) is 0 Å². The van der Waals surface area contributed by atoms with Crippen molar-refractivity contribution >= 4 is 16.6 Å². The van der Waals surface area contributed by atoms with E-state index in [1.165, 1.54) is 61.1 Å². The van der Waals surface area contributed by atoms with E-state index < -0.39 is 0 Å². The van der Waals surface area contributed by atoms with Gasteiger partial charge in [0.05, 0.1) is 5.52 Å². The first-order chi connectivity index (χ1) is 14.1. The predicted octanol–water partition coefficient (Wildman–Crippen LogP) is 4.48. The number of nitrogens with zero attached hydrogens (tertiary/aromatic N) is 5. The normalized spacial score (nSPS) is 16.2. The molecule has 0 aliphatic carbocycles. The van der Waals surface area contributed by atoms with Gasteiger partial charge in [-0.05, 0) is 87.6 Å². The molecule has 0 saturated carbocycles. The van der Waals surface area contributed by atoms with Crippen LogP contribution in [0, 0.1) is 13.8 Å². The lowest BCUT2D eigenvalue weighted by molar-refractivity contribution is 0.211. The molecule has 4 heterocycles. The number of pyridine rings is 1. The summed E-state index contributed by atoms with van der Waals surface area (Å²) >= 11 is 0. The van der Waals surface area contributed by atoms with Gasteiger partial charge in [-0.3, -0.25) is 5.10 Å². The van der Waals surface area contributed by atoms with Crippen LogP contribution in [-0.2, 0) is 0 Å². The van der Waals surface area contributed by atoms with Crippen molar-refractivity contribution in [2.45, 2.75) is 46.0 Å². The van der Waals surface area contributed by atoms with Gasteiger partial charge in [0.25, 0.3) is 0 Å². The van der Waals surface area contributed by atoms with E-state index in [4.69, 9.17) is 0 Å². The lowest BCUT2D eigenvalue weighted by atomic mass is 9.90. The second kappa shape index (κ2) is 7.26. The molecule has 6 nitrogen and oxygen atoms in total. The van der Waals surface area contributed by atoms with E-state index in [-0.39, 0.29) is 0 Å². The Kier molecular flexibility index (Phi) is 4.59. The number of hydrogen-bond acceptors (Lipinski definition) is 4. The van der Waals surface area contributed by atoms with Crippen LogP contribution in [0.1, 0.15) is 48.9 Å². The van der Waals surface area contributed by atoms with Crippen molar-refractivity contribution in [1.82, 2.24) is 29.7 Å². The van der Waals surface area contributed by atoms with Gasteiger partial charge >= 0.3 is 0 Å². The van der Waals surface area contributed by atoms with E-state index in [0.717, 1.165) is 22.3 Å². The molecule has 1 fully saturated rings. The largest absolute Gasteiger partial charge is 0.303 e. The van der Waals surface area contributed by atoms with Crippen LogP contribution in [-0.4, -0.2) is 49.3 Å². The highest BCUT2D eigenvalue weighted by Gasteiger charge is 2.23. The van der Waals surface area contributed by atoms with E-state index in [1.54, 1.807) is 6.33 Å². The number of piperidine rings is 1. The number of aromatic nitrogens is 5. The fourth-order valence-corrected chi connectivity index (χ4v) is 4.81. The Labute approximate surface area is 170 Å². The van der Waals surface area contributed by atoms with Gasteiger partial charge in [-0.25, -0.2) is 9.50 Å². The number of hydrogen-bond donors (Lipinski definition) is 1. The first-order valence-corrected chi connectivity index (χ1v) is 10.7. The van der Waals surface area contributed by atoms with Crippen molar-refractivity contribution in [3.05, 3.63) is 47.5 Å². The molecule has 4 aromatic rings. The average Bonchev–Trinajstić information content (AvgIpc) is 3.35. The molecule has 3 aromatic heterocycles. The fourth-order valence-electron chi connectivity index (χ4n) is 4.81. The van der Waals surface area contributed by atoms with Crippen molar-refractivity contribution in [2.75, 3.05) is 19.6 Å². The number of likely N-dealkylation sites (tertiary alicyclic amines) is 1. The Morgan fingerprint density at radius 3 is 2.72 bits per heavy atom. The number of aromatic amines is 1. The number of fused-ring (bicyclic) bond motifs is 2. The summed E-state index contributed by atoms with van der Waals surface area (Å²) in [5.74, 6) is 0.576. The maximum atomic E-state index is 4.68. The molecule has 1 aliphatic rings. The van der Waals surface area contributed by atoms with E-state index in [9.17, 15) is 0 Å². The average molecular weight is 389 g/mol. The molecule has 0 amide bonds. The van der Waals surface area contributed by atoms with Gasteiger partial charge in [0, 0.05) is 28.8 Å². The molecule has 6 heteroatoms. The van der Waals surface area contributed by atoms with E-state index in [2.05, 4.69) is 70.3 Å². The molecule has 0 radical (unpaired) electrons. The zero-order chi connectivity index (χ0) is 20.0. The van der Waals surface area contributed by atoms with Crippen molar-refractivity contribution in [1.29, 1.82) is 0 Å². The summed E-state index contributed by atoms with van der Waals surface area (Å²) in [6.07, 6.45) is 7.31. The van der Waals surface area contributed by atoms with Crippen LogP contribution in [0.2, 0.25) is 0 Å². The minimum absolute atomic E-state index is 0.576. The maximum absolute atomic E-state index is 4.68. The van der Waals surface area contributed by atoms with Gasteiger partial charge < -0.3 is 4.90 Å².